The van der Waals surface area contributed by atoms with Gasteiger partial charge in [0.2, 0.25) is 0 Å². The molecule has 0 radical (unpaired) electrons. The molecule has 0 aliphatic carbocycles. The second-order valence-electron chi connectivity index (χ2n) is 18.3. The van der Waals surface area contributed by atoms with E-state index in [2.05, 4.69) is 86.8 Å². The summed E-state index contributed by atoms with van der Waals surface area (Å²) < 4.78 is 22.9. The van der Waals surface area contributed by atoms with Crippen LogP contribution in [0.1, 0.15) is 219 Å². The highest BCUT2D eigenvalue weighted by atomic mass is 16.7. The van der Waals surface area contributed by atoms with Crippen molar-refractivity contribution in [3.8, 4) is 0 Å². The third kappa shape index (κ3) is 37.6. The monoisotopic (exact) mass is 929 g/mol. The third-order valence-electron chi connectivity index (χ3n) is 12.1. The fraction of sp³-hybridized carbons (Fsp3) is 0.772. The van der Waals surface area contributed by atoms with Gasteiger partial charge in [-0.05, 0) is 64.2 Å². The van der Waals surface area contributed by atoms with E-state index in [1.54, 1.807) is 0 Å². The Morgan fingerprint density at radius 1 is 0.500 bits per heavy atom. The van der Waals surface area contributed by atoms with Crippen molar-refractivity contribution in [1.29, 1.82) is 0 Å². The molecular weight excluding hydrogens is 829 g/mol. The Bertz CT molecular complexity index is 1240. The maximum Gasteiger partial charge on any atom is 0.306 e. The van der Waals surface area contributed by atoms with Gasteiger partial charge in [0.15, 0.2) is 6.29 Å². The first kappa shape index (κ1) is 61.6. The number of aliphatic hydroxyl groups excluding tert-OH is 4. The van der Waals surface area contributed by atoms with Gasteiger partial charge >= 0.3 is 5.97 Å². The fourth-order valence-corrected chi connectivity index (χ4v) is 7.97. The van der Waals surface area contributed by atoms with E-state index in [0.29, 0.717) is 13.0 Å². The second kappa shape index (κ2) is 47.7. The lowest BCUT2D eigenvalue weighted by Gasteiger charge is -2.39. The Labute approximate surface area is 404 Å². The van der Waals surface area contributed by atoms with Gasteiger partial charge in [0, 0.05) is 13.0 Å². The molecule has 0 aromatic carbocycles. The van der Waals surface area contributed by atoms with Gasteiger partial charge in [0.1, 0.15) is 30.5 Å². The number of unbranched alkanes of at least 4 members (excludes halogenated alkanes) is 23. The molecule has 1 heterocycles. The van der Waals surface area contributed by atoms with Crippen molar-refractivity contribution < 1.29 is 44.2 Å². The zero-order valence-corrected chi connectivity index (χ0v) is 42.2. The van der Waals surface area contributed by atoms with Gasteiger partial charge in [-0.15, -0.1) is 0 Å². The number of ether oxygens (including phenoxy) is 4. The van der Waals surface area contributed by atoms with Gasteiger partial charge in [-0.1, -0.05) is 222 Å². The molecule has 6 atom stereocenters. The van der Waals surface area contributed by atoms with Crippen molar-refractivity contribution >= 4 is 5.97 Å². The van der Waals surface area contributed by atoms with E-state index in [0.717, 1.165) is 83.5 Å². The van der Waals surface area contributed by atoms with Crippen molar-refractivity contribution in [2.45, 2.75) is 256 Å². The Morgan fingerprint density at radius 3 is 1.39 bits per heavy atom. The lowest BCUT2D eigenvalue weighted by atomic mass is 9.99. The third-order valence-corrected chi connectivity index (χ3v) is 12.1. The van der Waals surface area contributed by atoms with Crippen LogP contribution in [0.2, 0.25) is 0 Å². The maximum absolute atomic E-state index is 12.9. The number of hydrogen-bond donors (Lipinski definition) is 4. The molecule has 0 amide bonds. The molecule has 1 aliphatic heterocycles. The van der Waals surface area contributed by atoms with E-state index >= 15 is 0 Å². The van der Waals surface area contributed by atoms with Crippen LogP contribution in [0.5, 0.6) is 0 Å². The molecule has 0 saturated carbocycles. The molecule has 9 heteroatoms. The second-order valence-corrected chi connectivity index (χ2v) is 18.3. The minimum absolute atomic E-state index is 0.121. The van der Waals surface area contributed by atoms with Crippen LogP contribution in [0.25, 0.3) is 0 Å². The van der Waals surface area contributed by atoms with Crippen LogP contribution in [0.15, 0.2) is 72.9 Å². The SMILES string of the molecule is CC/C=C\C/C=C\C/C=C\C/C=C\C/C=C\C/C=C\CCCCCCCCC(=O)OC(COCCCCCCCCCCCCCCCCCCCC)COC1OC(CO)C(O)C(O)C1O. The maximum atomic E-state index is 12.9. The summed E-state index contributed by atoms with van der Waals surface area (Å²) >= 11 is 0. The average Bonchev–Trinajstić information content (AvgIpc) is 3.32. The minimum atomic E-state index is -1.54. The number of carbonyl (C=O) groups is 1. The molecule has 4 N–H and O–H groups in total. The molecule has 0 aromatic heterocycles. The predicted molar refractivity (Wildman–Crippen MR) is 274 cm³/mol. The zero-order valence-electron chi connectivity index (χ0n) is 42.2. The van der Waals surface area contributed by atoms with Crippen molar-refractivity contribution in [1.82, 2.24) is 0 Å². The van der Waals surface area contributed by atoms with Gasteiger partial charge in [-0.3, -0.25) is 4.79 Å². The van der Waals surface area contributed by atoms with Crippen molar-refractivity contribution in [3.05, 3.63) is 72.9 Å². The number of allylic oxidation sites excluding steroid dienone is 12. The summed E-state index contributed by atoms with van der Waals surface area (Å²) in [7, 11) is 0. The number of rotatable bonds is 46. The van der Waals surface area contributed by atoms with Gasteiger partial charge in [-0.2, -0.15) is 0 Å². The molecule has 6 unspecified atom stereocenters. The van der Waals surface area contributed by atoms with Crippen LogP contribution >= 0.6 is 0 Å². The van der Waals surface area contributed by atoms with Crippen LogP contribution in [0.4, 0.5) is 0 Å². The summed E-state index contributed by atoms with van der Waals surface area (Å²) in [4.78, 5) is 12.9. The first-order valence-corrected chi connectivity index (χ1v) is 27.0. The smallest absolute Gasteiger partial charge is 0.306 e. The quantitative estimate of drug-likeness (QED) is 0.0267. The van der Waals surface area contributed by atoms with E-state index in [1.807, 2.05) is 0 Å². The number of hydrogen-bond acceptors (Lipinski definition) is 9. The Hall–Kier alpha value is -2.37. The number of esters is 1. The molecule has 66 heavy (non-hydrogen) atoms. The molecule has 1 rings (SSSR count). The summed E-state index contributed by atoms with van der Waals surface area (Å²) in [6.07, 6.45) is 56.5. The topological polar surface area (TPSA) is 135 Å². The highest BCUT2D eigenvalue weighted by molar-refractivity contribution is 5.69. The largest absolute Gasteiger partial charge is 0.457 e. The van der Waals surface area contributed by atoms with Crippen LogP contribution in [0, 0.1) is 0 Å². The highest BCUT2D eigenvalue weighted by Crippen LogP contribution is 2.23. The van der Waals surface area contributed by atoms with Gasteiger partial charge in [0.05, 0.1) is 19.8 Å². The van der Waals surface area contributed by atoms with E-state index in [9.17, 15) is 25.2 Å². The van der Waals surface area contributed by atoms with Crippen LogP contribution in [-0.2, 0) is 23.7 Å². The summed E-state index contributed by atoms with van der Waals surface area (Å²) in [6, 6.07) is 0. The Morgan fingerprint density at radius 2 is 0.924 bits per heavy atom. The molecule has 382 valence electrons. The standard InChI is InChI=1S/C57H100O9/c1-3-5-7-9-11-13-15-17-19-21-23-24-25-26-27-28-29-30-32-34-36-38-40-42-44-46-53(59)65-51(50-64-57-56(62)55(61)54(60)52(48-58)66-57)49-63-47-45-43-41-39-37-35-33-31-22-20-18-16-14-12-10-8-6-4-2/h5,7,11,13,17,19,23-24,26-27,29-30,51-52,54-58,60-62H,3-4,6,8-10,12,14-16,18,20-22,25,28,31-50H2,1-2H3/b7-5-,13-11-,19-17-,24-23-,27-26-,30-29-. The summed E-state index contributed by atoms with van der Waals surface area (Å²) in [6.45, 7) is 4.45. The fourth-order valence-electron chi connectivity index (χ4n) is 7.97. The molecule has 0 spiro atoms. The first-order valence-electron chi connectivity index (χ1n) is 27.0. The summed E-state index contributed by atoms with van der Waals surface area (Å²) in [5, 5.41) is 40.3. The van der Waals surface area contributed by atoms with E-state index in [-0.39, 0.29) is 19.2 Å². The molecule has 1 aliphatic rings. The van der Waals surface area contributed by atoms with Crippen molar-refractivity contribution in [2.24, 2.45) is 0 Å². The van der Waals surface area contributed by atoms with Gasteiger partial charge in [0.25, 0.3) is 0 Å². The van der Waals surface area contributed by atoms with Crippen LogP contribution in [0.3, 0.4) is 0 Å². The minimum Gasteiger partial charge on any atom is -0.457 e. The van der Waals surface area contributed by atoms with Crippen molar-refractivity contribution in [2.75, 3.05) is 26.4 Å². The van der Waals surface area contributed by atoms with E-state index in [1.165, 1.54) is 116 Å². The van der Waals surface area contributed by atoms with E-state index < -0.39 is 43.4 Å². The van der Waals surface area contributed by atoms with Gasteiger partial charge < -0.3 is 39.4 Å². The lowest BCUT2D eigenvalue weighted by Crippen LogP contribution is -2.59. The lowest BCUT2D eigenvalue weighted by molar-refractivity contribution is -0.305. The average molecular weight is 929 g/mol. The normalized spacial score (nSPS) is 19.9. The predicted octanol–water partition coefficient (Wildman–Crippen LogP) is 13.6. The van der Waals surface area contributed by atoms with Crippen molar-refractivity contribution in [3.63, 3.8) is 0 Å². The molecule has 0 aromatic rings. The number of carbonyl (C=O) groups excluding carboxylic acids is 1. The Balaban J connectivity index is 2.21. The summed E-state index contributed by atoms with van der Waals surface area (Å²) in [5.74, 6) is -0.327. The molecule has 9 nitrogen and oxygen atoms in total. The van der Waals surface area contributed by atoms with Crippen LogP contribution in [-0.4, -0.2) is 89.6 Å². The zero-order chi connectivity index (χ0) is 47.8. The molecule has 1 saturated heterocycles. The number of aliphatic hydroxyl groups is 4. The molecular formula is C57H100O9. The molecule has 1 fully saturated rings. The molecule has 0 bridgehead atoms. The van der Waals surface area contributed by atoms with E-state index in [4.69, 9.17) is 18.9 Å². The Kier molecular flexibility index (Phi) is 44.5. The first-order chi connectivity index (χ1) is 32.4. The van der Waals surface area contributed by atoms with Gasteiger partial charge in [-0.25, -0.2) is 0 Å². The highest BCUT2D eigenvalue weighted by Gasteiger charge is 2.44. The summed E-state index contributed by atoms with van der Waals surface area (Å²) in [5.41, 5.74) is 0. The van der Waals surface area contributed by atoms with Crippen LogP contribution < -0.4 is 0 Å².